The van der Waals surface area contributed by atoms with Crippen LogP contribution in [0.5, 0.6) is 0 Å². The van der Waals surface area contributed by atoms with Crippen molar-refractivity contribution in [3.63, 3.8) is 0 Å². The topological polar surface area (TPSA) is 41.6 Å². The molecule has 2 aromatic rings. The maximum atomic E-state index is 13.1. The second-order valence-electron chi connectivity index (χ2n) is 6.29. The summed E-state index contributed by atoms with van der Waals surface area (Å²) in [5, 5.41) is 3.21. The second kappa shape index (κ2) is 5.68. The number of fused-ring (bicyclic) bond motifs is 1. The molecule has 0 radical (unpaired) electrons. The van der Waals surface area contributed by atoms with Gasteiger partial charge in [-0.1, -0.05) is 6.07 Å². The Labute approximate surface area is 143 Å². The van der Waals surface area contributed by atoms with Crippen LogP contribution in [0.2, 0.25) is 0 Å². The smallest absolute Gasteiger partial charge is 0.416 e. The van der Waals surface area contributed by atoms with Crippen LogP contribution in [-0.4, -0.2) is 18.7 Å². The molecule has 1 heterocycles. The third-order valence-electron chi connectivity index (χ3n) is 4.09. The molecule has 0 unspecified atom stereocenters. The van der Waals surface area contributed by atoms with Crippen molar-refractivity contribution in [1.29, 1.82) is 0 Å². The molecule has 0 saturated carbocycles. The van der Waals surface area contributed by atoms with Gasteiger partial charge in [0, 0.05) is 5.69 Å². The number of carbonyl (C=O) groups is 1. The average Bonchev–Trinajstić information content (AvgIpc) is 2.82. The molecule has 1 aliphatic heterocycles. The van der Waals surface area contributed by atoms with Crippen molar-refractivity contribution in [3.8, 4) is 0 Å². The van der Waals surface area contributed by atoms with Crippen LogP contribution in [0.1, 0.15) is 29.8 Å². The second-order valence-corrected chi connectivity index (χ2v) is 6.29. The van der Waals surface area contributed by atoms with Crippen LogP contribution >= 0.6 is 0 Å². The van der Waals surface area contributed by atoms with Crippen molar-refractivity contribution < 1.29 is 22.7 Å². The first-order chi connectivity index (χ1) is 11.6. The summed E-state index contributed by atoms with van der Waals surface area (Å²) in [5.41, 5.74) is 0.541. The molecule has 0 aromatic heterocycles. The van der Waals surface area contributed by atoms with E-state index >= 15 is 0 Å². The number of rotatable bonds is 2. The number of ether oxygens (including phenoxy) is 1. The fourth-order valence-corrected chi connectivity index (χ4v) is 3.04. The van der Waals surface area contributed by atoms with Crippen LogP contribution in [0.4, 0.5) is 30.2 Å². The summed E-state index contributed by atoms with van der Waals surface area (Å²) in [5.74, 6) is -0.504. The highest BCUT2D eigenvalue weighted by atomic mass is 19.4. The third kappa shape index (κ3) is 3.01. The van der Waals surface area contributed by atoms with E-state index in [9.17, 15) is 18.0 Å². The highest BCUT2D eigenvalue weighted by molar-refractivity contribution is 5.92. The maximum Gasteiger partial charge on any atom is 0.416 e. The molecule has 0 aliphatic carbocycles. The molecule has 1 aliphatic rings. The first kappa shape index (κ1) is 17.1. The Morgan fingerprint density at radius 3 is 2.52 bits per heavy atom. The van der Waals surface area contributed by atoms with Gasteiger partial charge >= 0.3 is 12.1 Å². The van der Waals surface area contributed by atoms with Crippen molar-refractivity contribution >= 4 is 23.0 Å². The van der Waals surface area contributed by atoms with E-state index < -0.39 is 23.4 Å². The predicted molar refractivity (Wildman–Crippen MR) is 89.1 cm³/mol. The summed E-state index contributed by atoms with van der Waals surface area (Å²) in [4.78, 5) is 13.5. The number of anilines is 3. The van der Waals surface area contributed by atoms with Crippen molar-refractivity contribution in [1.82, 2.24) is 0 Å². The minimum Gasteiger partial charge on any atom is -0.465 e. The summed E-state index contributed by atoms with van der Waals surface area (Å²) in [6, 6.07) is 10.2. The number of hydrogen-bond donors (Lipinski definition) is 1. The van der Waals surface area contributed by atoms with E-state index in [1.54, 1.807) is 29.2 Å². The molecule has 0 amide bonds. The number of carbonyl (C=O) groups excluding carboxylic acids is 1. The van der Waals surface area contributed by atoms with E-state index in [4.69, 9.17) is 4.74 Å². The zero-order valence-corrected chi connectivity index (χ0v) is 13.9. The lowest BCUT2D eigenvalue weighted by Crippen LogP contribution is -2.42. The molecule has 7 heteroatoms. The SMILES string of the molecule is COC(=O)c1cccc(N2c3cc(C(F)(F)F)ccc3NC2(C)C)c1. The molecule has 0 bridgehead atoms. The molecular formula is C18H17F3N2O2. The van der Waals surface area contributed by atoms with Gasteiger partial charge < -0.3 is 15.0 Å². The summed E-state index contributed by atoms with van der Waals surface area (Å²) in [6.07, 6.45) is -4.43. The zero-order chi connectivity index (χ0) is 18.4. The normalized spacial score (nSPS) is 15.5. The Morgan fingerprint density at radius 1 is 1.16 bits per heavy atom. The lowest BCUT2D eigenvalue weighted by atomic mass is 10.1. The van der Waals surface area contributed by atoms with Crippen LogP contribution in [0.25, 0.3) is 0 Å². The van der Waals surface area contributed by atoms with Gasteiger partial charge in [0.05, 0.1) is 29.6 Å². The average molecular weight is 350 g/mol. The fourth-order valence-electron chi connectivity index (χ4n) is 3.04. The van der Waals surface area contributed by atoms with E-state index in [-0.39, 0.29) is 0 Å². The van der Waals surface area contributed by atoms with E-state index in [0.717, 1.165) is 12.1 Å². The van der Waals surface area contributed by atoms with Gasteiger partial charge in [-0.05, 0) is 50.2 Å². The van der Waals surface area contributed by atoms with Crippen LogP contribution in [0.3, 0.4) is 0 Å². The highest BCUT2D eigenvalue weighted by Gasteiger charge is 2.39. The summed E-state index contributed by atoms with van der Waals surface area (Å²) in [7, 11) is 1.28. The van der Waals surface area contributed by atoms with Gasteiger partial charge in [0.15, 0.2) is 0 Å². The van der Waals surface area contributed by atoms with E-state index in [2.05, 4.69) is 5.32 Å². The number of alkyl halides is 3. The van der Waals surface area contributed by atoms with E-state index in [0.29, 0.717) is 22.6 Å². The number of nitrogens with zero attached hydrogens (tertiary/aromatic N) is 1. The van der Waals surface area contributed by atoms with Gasteiger partial charge in [0.1, 0.15) is 5.66 Å². The van der Waals surface area contributed by atoms with Crippen molar-refractivity contribution in [2.24, 2.45) is 0 Å². The Bertz CT molecular complexity index is 831. The standard InChI is InChI=1S/C18H17F3N2O2/c1-17(2)22-14-8-7-12(18(19,20)21)10-15(14)23(17)13-6-4-5-11(9-13)16(24)25-3/h4-10,22H,1-3H3. The molecule has 4 nitrogen and oxygen atoms in total. The third-order valence-corrected chi connectivity index (χ3v) is 4.09. The van der Waals surface area contributed by atoms with Gasteiger partial charge in [-0.25, -0.2) is 4.79 Å². The number of methoxy groups -OCH3 is 1. The minimum absolute atomic E-state index is 0.330. The Balaban J connectivity index is 2.12. The molecule has 0 fully saturated rings. The van der Waals surface area contributed by atoms with Gasteiger partial charge in [0.2, 0.25) is 0 Å². The van der Waals surface area contributed by atoms with Crippen molar-refractivity contribution in [2.75, 3.05) is 17.3 Å². The predicted octanol–water partition coefficient (Wildman–Crippen LogP) is 4.79. The molecular weight excluding hydrogens is 333 g/mol. The summed E-state index contributed by atoms with van der Waals surface area (Å²) in [6.45, 7) is 3.70. The van der Waals surface area contributed by atoms with Crippen molar-refractivity contribution in [3.05, 3.63) is 53.6 Å². The summed E-state index contributed by atoms with van der Waals surface area (Å²) >= 11 is 0. The number of halogens is 3. The molecule has 25 heavy (non-hydrogen) atoms. The van der Waals surface area contributed by atoms with Crippen LogP contribution in [0.15, 0.2) is 42.5 Å². The number of hydrogen-bond acceptors (Lipinski definition) is 4. The Hall–Kier alpha value is -2.70. The van der Waals surface area contributed by atoms with Crippen molar-refractivity contribution in [2.45, 2.75) is 25.7 Å². The number of esters is 1. The molecule has 1 N–H and O–H groups in total. The molecule has 2 aromatic carbocycles. The summed E-state index contributed by atoms with van der Waals surface area (Å²) < 4.78 is 44.0. The first-order valence-electron chi connectivity index (χ1n) is 7.61. The quantitative estimate of drug-likeness (QED) is 0.791. The van der Waals surface area contributed by atoms with Gasteiger partial charge in [0.25, 0.3) is 0 Å². The lowest BCUT2D eigenvalue weighted by molar-refractivity contribution is -0.137. The largest absolute Gasteiger partial charge is 0.465 e. The Morgan fingerprint density at radius 2 is 1.88 bits per heavy atom. The number of benzene rings is 2. The monoisotopic (exact) mass is 350 g/mol. The maximum absolute atomic E-state index is 13.1. The molecule has 132 valence electrons. The fraction of sp³-hybridized carbons (Fsp3) is 0.278. The molecule has 3 rings (SSSR count). The van der Waals surface area contributed by atoms with Gasteiger partial charge in [-0.3, -0.25) is 0 Å². The Kier molecular flexibility index (Phi) is 3.89. The van der Waals surface area contributed by atoms with E-state index in [1.807, 2.05) is 13.8 Å². The lowest BCUT2D eigenvalue weighted by Gasteiger charge is -2.34. The molecule has 0 spiro atoms. The zero-order valence-electron chi connectivity index (χ0n) is 13.9. The van der Waals surface area contributed by atoms with Gasteiger partial charge in [-0.2, -0.15) is 13.2 Å². The minimum atomic E-state index is -4.43. The van der Waals surface area contributed by atoms with Crippen LogP contribution < -0.4 is 10.2 Å². The van der Waals surface area contributed by atoms with Crippen LogP contribution in [-0.2, 0) is 10.9 Å². The highest BCUT2D eigenvalue weighted by Crippen LogP contribution is 2.47. The van der Waals surface area contributed by atoms with Crippen LogP contribution in [0, 0.1) is 0 Å². The number of nitrogens with one attached hydrogen (secondary N) is 1. The van der Waals surface area contributed by atoms with E-state index in [1.165, 1.54) is 13.2 Å². The van der Waals surface area contributed by atoms with Gasteiger partial charge in [-0.15, -0.1) is 0 Å². The first-order valence-corrected chi connectivity index (χ1v) is 7.61. The molecule has 0 saturated heterocycles. The molecule has 0 atom stereocenters.